The molecule has 0 bridgehead atoms. The van der Waals surface area contributed by atoms with Crippen molar-refractivity contribution in [1.29, 1.82) is 0 Å². The summed E-state index contributed by atoms with van der Waals surface area (Å²) in [6.07, 6.45) is 0. The highest BCUT2D eigenvalue weighted by atomic mass is 32.2. The second-order valence-electron chi connectivity index (χ2n) is 6.11. The van der Waals surface area contributed by atoms with Gasteiger partial charge in [0.25, 0.3) is 10.1 Å². The van der Waals surface area contributed by atoms with Gasteiger partial charge in [0.2, 0.25) is 5.91 Å². The van der Waals surface area contributed by atoms with Gasteiger partial charge < -0.3 is 11.1 Å². The number of benzene rings is 2. The van der Waals surface area contributed by atoms with Crippen molar-refractivity contribution in [2.75, 3.05) is 23.4 Å². The van der Waals surface area contributed by atoms with Crippen molar-refractivity contribution in [3.8, 4) is 0 Å². The minimum absolute atomic E-state index is 0.0329. The summed E-state index contributed by atoms with van der Waals surface area (Å²) in [5.41, 5.74) is 5.44. The zero-order valence-electron chi connectivity index (χ0n) is 16.7. The second-order valence-corrected chi connectivity index (χ2v) is 10.1. The minimum atomic E-state index is -4.66. The highest BCUT2D eigenvalue weighted by Gasteiger charge is 2.18. The van der Waals surface area contributed by atoms with Crippen LogP contribution in [0, 0.1) is 0 Å². The van der Waals surface area contributed by atoms with Crippen LogP contribution < -0.4 is 11.1 Å². The van der Waals surface area contributed by atoms with Crippen molar-refractivity contribution >= 4 is 60.9 Å². The quantitative estimate of drug-likeness (QED) is 0.0637. The molecule has 0 saturated carbocycles. The first-order valence-electron chi connectivity index (χ1n) is 8.63. The van der Waals surface area contributed by atoms with Gasteiger partial charge in [0.15, 0.2) is 22.2 Å². The molecule has 0 heterocycles. The molecule has 180 valence electrons. The summed E-state index contributed by atoms with van der Waals surface area (Å²) in [5.74, 6) is -0.877. The predicted molar refractivity (Wildman–Crippen MR) is 116 cm³/mol. The fourth-order valence-electron chi connectivity index (χ4n) is 2.34. The Kier molecular flexibility index (Phi) is 9.25. The zero-order valence-corrected chi connectivity index (χ0v) is 19.2. The third-order valence-electron chi connectivity index (χ3n) is 3.73. The molecule has 33 heavy (non-hydrogen) atoms. The van der Waals surface area contributed by atoms with Crippen LogP contribution in [0.4, 0.5) is 22.7 Å². The molecule has 2 aromatic carbocycles. The Labute approximate surface area is 192 Å². The van der Waals surface area contributed by atoms with Gasteiger partial charge in [0.05, 0.1) is 34.3 Å². The maximum atomic E-state index is 12.3. The number of rotatable bonds is 11. The van der Waals surface area contributed by atoms with Gasteiger partial charge in [0, 0.05) is 6.92 Å². The van der Waals surface area contributed by atoms with Crippen LogP contribution in [0.25, 0.3) is 0 Å². The maximum Gasteiger partial charge on any atom is 0.296 e. The lowest BCUT2D eigenvalue weighted by molar-refractivity contribution is -0.434. The van der Waals surface area contributed by atoms with Crippen LogP contribution in [0.15, 0.2) is 56.4 Å². The van der Waals surface area contributed by atoms with Crippen LogP contribution in [-0.4, -0.2) is 44.9 Å². The highest BCUT2D eigenvalue weighted by Crippen LogP contribution is 2.34. The fraction of sp³-hybridized carbons (Fsp3) is 0.188. The molecule has 0 saturated heterocycles. The Bertz CT molecular complexity index is 1230. The first-order chi connectivity index (χ1) is 15.4. The molecule has 0 aromatic heterocycles. The predicted octanol–water partition coefficient (Wildman–Crippen LogP) is 2.66. The number of nitrogens with two attached hydrogens (primary N) is 1. The Hall–Kier alpha value is -2.64. The molecule has 0 aliphatic carbocycles. The number of carbonyl (C=O) groups excluding carboxylic acids is 1. The number of hydrogen-bond acceptors (Lipinski definition) is 13. The lowest BCUT2D eigenvalue weighted by Crippen LogP contribution is -2.10. The number of azo groups is 1. The minimum Gasteiger partial charge on any atom is -0.398 e. The van der Waals surface area contributed by atoms with Gasteiger partial charge >= 0.3 is 0 Å². The average Bonchev–Trinajstić information content (AvgIpc) is 2.72. The molecule has 14 nitrogen and oxygen atoms in total. The number of amides is 1. The van der Waals surface area contributed by atoms with E-state index in [-0.39, 0.29) is 52.3 Å². The van der Waals surface area contributed by atoms with E-state index in [2.05, 4.69) is 24.9 Å². The summed E-state index contributed by atoms with van der Waals surface area (Å²) in [5, 5.41) is 21.4. The summed E-state index contributed by atoms with van der Waals surface area (Å²) in [4.78, 5) is 10.8. The van der Waals surface area contributed by atoms with E-state index in [1.165, 1.54) is 31.2 Å². The monoisotopic (exact) mass is 522 g/mol. The van der Waals surface area contributed by atoms with Gasteiger partial charge in [-0.25, -0.2) is 13.7 Å². The maximum absolute atomic E-state index is 12.3. The number of carbonyl (C=O) groups is 1. The van der Waals surface area contributed by atoms with E-state index < -0.39 is 30.8 Å². The van der Waals surface area contributed by atoms with Gasteiger partial charge in [-0.2, -0.15) is 13.5 Å². The number of sulfone groups is 1. The lowest BCUT2D eigenvalue weighted by Gasteiger charge is -2.10. The Morgan fingerprint density at radius 1 is 1.15 bits per heavy atom. The van der Waals surface area contributed by atoms with E-state index >= 15 is 0 Å². The SMILES string of the molecule is CC(=O)Nc1cc(N)c(S(=O)(=O)O)cc1/N=N/c1ccc(S(=O)(=O)CCOSOOO)cc1. The van der Waals surface area contributed by atoms with Crippen LogP contribution in [0.5, 0.6) is 0 Å². The number of anilines is 2. The van der Waals surface area contributed by atoms with Crippen molar-refractivity contribution in [2.45, 2.75) is 16.7 Å². The largest absolute Gasteiger partial charge is 0.398 e. The highest BCUT2D eigenvalue weighted by molar-refractivity contribution is 7.91. The van der Waals surface area contributed by atoms with Crippen molar-refractivity contribution < 1.29 is 45.0 Å². The van der Waals surface area contributed by atoms with Crippen LogP contribution in [-0.2, 0) is 38.3 Å². The summed E-state index contributed by atoms with van der Waals surface area (Å²) >= 11 is 0.253. The number of nitrogens with zero attached hydrogens (tertiary/aromatic N) is 2. The van der Waals surface area contributed by atoms with E-state index in [1.54, 1.807) is 0 Å². The van der Waals surface area contributed by atoms with Gasteiger partial charge in [-0.05, 0) is 36.4 Å². The Morgan fingerprint density at radius 3 is 2.39 bits per heavy atom. The normalized spacial score (nSPS) is 12.2. The van der Waals surface area contributed by atoms with Crippen molar-refractivity contribution in [1.82, 2.24) is 0 Å². The molecular weight excluding hydrogens is 504 g/mol. The van der Waals surface area contributed by atoms with E-state index in [9.17, 15) is 26.2 Å². The lowest BCUT2D eigenvalue weighted by atomic mass is 10.2. The number of nitrogen functional groups attached to an aromatic ring is 1. The number of nitrogens with one attached hydrogen (secondary N) is 1. The standard InChI is InChI=1S/C16H18N4O10S3/c1-10(21)18-14-8-13(17)16(33(25,26)27)9-15(14)20-19-11-2-4-12(5-3-11)32(23,24)7-6-28-31-30-29-22/h2-5,8-9,22H,6-7,17H2,1H3,(H,18,21)(H,25,26,27)/b20-19+. The van der Waals surface area contributed by atoms with Gasteiger partial charge in [0.1, 0.15) is 10.6 Å². The number of hydrogen-bond donors (Lipinski definition) is 4. The molecule has 5 N–H and O–H groups in total. The molecule has 0 spiro atoms. The molecule has 0 aliphatic heterocycles. The van der Waals surface area contributed by atoms with Crippen LogP contribution in [0.1, 0.15) is 6.92 Å². The van der Waals surface area contributed by atoms with E-state index in [4.69, 9.17) is 15.2 Å². The molecule has 0 radical (unpaired) electrons. The molecule has 2 aromatic rings. The van der Waals surface area contributed by atoms with E-state index in [1.807, 2.05) is 0 Å². The first-order valence-corrected chi connectivity index (χ1v) is 12.4. The second kappa shape index (κ2) is 11.5. The van der Waals surface area contributed by atoms with Crippen molar-refractivity contribution in [3.63, 3.8) is 0 Å². The fourth-order valence-corrected chi connectivity index (χ4v) is 4.37. The van der Waals surface area contributed by atoms with Crippen LogP contribution in [0.2, 0.25) is 0 Å². The molecule has 2 rings (SSSR count). The van der Waals surface area contributed by atoms with Gasteiger partial charge in [-0.3, -0.25) is 13.5 Å². The summed E-state index contributed by atoms with van der Waals surface area (Å²) < 4.78 is 65.5. The Balaban J connectivity index is 2.24. The molecule has 0 aliphatic rings. The Morgan fingerprint density at radius 2 is 1.82 bits per heavy atom. The molecule has 17 heteroatoms. The van der Waals surface area contributed by atoms with Crippen LogP contribution in [0.3, 0.4) is 0 Å². The van der Waals surface area contributed by atoms with E-state index in [0.29, 0.717) is 0 Å². The van der Waals surface area contributed by atoms with Gasteiger partial charge in [-0.15, -0.1) is 9.45 Å². The van der Waals surface area contributed by atoms with Crippen LogP contribution >= 0.6 is 12.3 Å². The summed E-state index contributed by atoms with van der Waals surface area (Å²) in [6, 6.07) is 7.26. The van der Waals surface area contributed by atoms with Gasteiger partial charge in [-0.1, -0.05) is 5.04 Å². The van der Waals surface area contributed by atoms with E-state index in [0.717, 1.165) is 12.1 Å². The van der Waals surface area contributed by atoms with Crippen molar-refractivity contribution in [3.05, 3.63) is 36.4 Å². The zero-order chi connectivity index (χ0) is 24.6. The molecule has 0 fully saturated rings. The topological polar surface area (TPSA) is 216 Å². The molecule has 0 atom stereocenters. The third kappa shape index (κ3) is 8.02. The van der Waals surface area contributed by atoms with Crippen molar-refractivity contribution in [2.24, 2.45) is 10.2 Å². The summed E-state index contributed by atoms with van der Waals surface area (Å²) in [6.45, 7) is 0.959. The summed E-state index contributed by atoms with van der Waals surface area (Å²) in [7, 11) is -8.37. The molecular formula is C16H18N4O10S3. The average molecular weight is 523 g/mol. The smallest absolute Gasteiger partial charge is 0.296 e. The first kappa shape index (κ1) is 26.6. The third-order valence-corrected chi connectivity index (χ3v) is 6.71. The molecule has 0 unspecified atom stereocenters. The molecule has 1 amide bonds.